The number of hydrogen-bond donors (Lipinski definition) is 0. The van der Waals surface area contributed by atoms with Crippen molar-refractivity contribution in [1.82, 2.24) is 0 Å². The van der Waals surface area contributed by atoms with Crippen molar-refractivity contribution in [3.63, 3.8) is 0 Å². The molecule has 0 unspecified atom stereocenters. The molecule has 1 rings (SSSR count). The molecule has 0 saturated heterocycles. The van der Waals surface area contributed by atoms with Crippen molar-refractivity contribution in [2.24, 2.45) is 0 Å². The summed E-state index contributed by atoms with van der Waals surface area (Å²) < 4.78 is 0. The monoisotopic (exact) mass is 288 g/mol. The molecule has 0 bridgehead atoms. The number of rotatable bonds is 3. The normalized spacial score (nSPS) is 11.7. The molecule has 0 atom stereocenters. The summed E-state index contributed by atoms with van der Waals surface area (Å²) in [5.41, 5.74) is 2.61. The van der Waals surface area contributed by atoms with Crippen molar-refractivity contribution >= 4 is 37.4 Å². The molecule has 0 saturated carbocycles. The van der Waals surface area contributed by atoms with E-state index in [1.165, 1.54) is 11.1 Å². The molecule has 0 N–H and O–H groups in total. The van der Waals surface area contributed by atoms with Crippen LogP contribution in [0.15, 0.2) is 36.4 Å². The minimum Gasteiger partial charge on any atom is -0.0883 e. The second-order valence-electron chi connectivity index (χ2n) is 2.38. The summed E-state index contributed by atoms with van der Waals surface area (Å²) in [5, 5.41) is 1.81. The number of halogens is 2. The van der Waals surface area contributed by atoms with E-state index in [4.69, 9.17) is 0 Å². The molecule has 0 aliphatic carbocycles. The largest absolute Gasteiger partial charge is 0.0883 e. The Morgan fingerprint density at radius 3 is 2.33 bits per heavy atom. The van der Waals surface area contributed by atoms with Crippen LogP contribution in [0.25, 0.3) is 5.57 Å². The molecule has 0 heterocycles. The van der Waals surface area contributed by atoms with E-state index < -0.39 is 0 Å². The van der Waals surface area contributed by atoms with Crippen LogP contribution in [0, 0.1) is 0 Å². The highest BCUT2D eigenvalue weighted by Crippen LogP contribution is 2.16. The van der Waals surface area contributed by atoms with Gasteiger partial charge in [-0.15, -0.1) is 0 Å². The molecule has 0 radical (unpaired) electrons. The van der Waals surface area contributed by atoms with Crippen molar-refractivity contribution in [3.05, 3.63) is 42.0 Å². The van der Waals surface area contributed by atoms with Gasteiger partial charge in [0.05, 0.1) is 0 Å². The first-order valence-electron chi connectivity index (χ1n) is 3.75. The zero-order chi connectivity index (χ0) is 8.81. The van der Waals surface area contributed by atoms with Crippen LogP contribution in [-0.4, -0.2) is 10.7 Å². The standard InChI is InChI=1S/C10H10Br2/c11-7-6-10(8-12)9-4-2-1-3-5-9/h1-6H,7-8H2. The second-order valence-corrected chi connectivity index (χ2v) is 3.59. The molecule has 0 amide bonds. The third kappa shape index (κ3) is 2.76. The summed E-state index contributed by atoms with van der Waals surface area (Å²) in [7, 11) is 0. The van der Waals surface area contributed by atoms with Gasteiger partial charge < -0.3 is 0 Å². The van der Waals surface area contributed by atoms with Gasteiger partial charge in [0.1, 0.15) is 0 Å². The van der Waals surface area contributed by atoms with Gasteiger partial charge in [-0.3, -0.25) is 0 Å². The number of allylic oxidation sites excluding steroid dienone is 2. The predicted octanol–water partition coefficient (Wildman–Crippen LogP) is 3.86. The first-order chi connectivity index (χ1) is 5.88. The van der Waals surface area contributed by atoms with Gasteiger partial charge in [0.2, 0.25) is 0 Å². The first kappa shape index (κ1) is 10.0. The lowest BCUT2D eigenvalue weighted by Gasteiger charge is -2.01. The van der Waals surface area contributed by atoms with Crippen molar-refractivity contribution in [1.29, 1.82) is 0 Å². The lowest BCUT2D eigenvalue weighted by atomic mass is 10.1. The van der Waals surface area contributed by atoms with Gasteiger partial charge in [-0.2, -0.15) is 0 Å². The van der Waals surface area contributed by atoms with E-state index in [-0.39, 0.29) is 0 Å². The van der Waals surface area contributed by atoms with Gasteiger partial charge in [-0.1, -0.05) is 68.3 Å². The Bertz CT molecular complexity index is 252. The van der Waals surface area contributed by atoms with E-state index >= 15 is 0 Å². The summed E-state index contributed by atoms with van der Waals surface area (Å²) in [6.07, 6.45) is 2.17. The van der Waals surface area contributed by atoms with Crippen LogP contribution in [-0.2, 0) is 0 Å². The maximum atomic E-state index is 3.46. The van der Waals surface area contributed by atoms with Gasteiger partial charge in [0, 0.05) is 10.7 Å². The lowest BCUT2D eigenvalue weighted by Crippen LogP contribution is -1.84. The number of benzene rings is 1. The summed E-state index contributed by atoms with van der Waals surface area (Å²) in [4.78, 5) is 0. The van der Waals surface area contributed by atoms with Crippen LogP contribution in [0.5, 0.6) is 0 Å². The SMILES string of the molecule is BrCC=C(CBr)c1ccccc1. The molecule has 1 aromatic rings. The van der Waals surface area contributed by atoms with E-state index in [1.807, 2.05) is 6.07 Å². The lowest BCUT2D eigenvalue weighted by molar-refractivity contribution is 1.57. The molecule has 1 aromatic carbocycles. The minimum atomic E-state index is 0.905. The summed E-state index contributed by atoms with van der Waals surface area (Å²) in [6.45, 7) is 0. The van der Waals surface area contributed by atoms with Crippen molar-refractivity contribution in [3.8, 4) is 0 Å². The predicted molar refractivity (Wildman–Crippen MR) is 62.0 cm³/mol. The highest BCUT2D eigenvalue weighted by molar-refractivity contribution is 9.09. The summed E-state index contributed by atoms with van der Waals surface area (Å²) in [6, 6.07) is 10.4. The average Bonchev–Trinajstić information content (AvgIpc) is 2.15. The van der Waals surface area contributed by atoms with Crippen molar-refractivity contribution in [2.75, 3.05) is 10.7 Å². The van der Waals surface area contributed by atoms with E-state index in [0.29, 0.717) is 0 Å². The molecule has 64 valence electrons. The quantitative estimate of drug-likeness (QED) is 0.741. The fraction of sp³-hybridized carbons (Fsp3) is 0.200. The first-order valence-corrected chi connectivity index (χ1v) is 5.99. The molecule has 12 heavy (non-hydrogen) atoms. The topological polar surface area (TPSA) is 0 Å². The zero-order valence-corrected chi connectivity index (χ0v) is 9.81. The van der Waals surface area contributed by atoms with Crippen LogP contribution in [0.1, 0.15) is 5.56 Å². The van der Waals surface area contributed by atoms with E-state index in [0.717, 1.165) is 10.7 Å². The fourth-order valence-electron chi connectivity index (χ4n) is 0.995. The van der Waals surface area contributed by atoms with E-state index in [2.05, 4.69) is 62.2 Å². The second kappa shape index (κ2) is 5.55. The number of hydrogen-bond acceptors (Lipinski definition) is 0. The average molecular weight is 290 g/mol. The molecule has 2 heteroatoms. The van der Waals surface area contributed by atoms with Crippen molar-refractivity contribution in [2.45, 2.75) is 0 Å². The highest BCUT2D eigenvalue weighted by atomic mass is 79.9. The highest BCUT2D eigenvalue weighted by Gasteiger charge is 1.96. The zero-order valence-electron chi connectivity index (χ0n) is 6.63. The third-order valence-electron chi connectivity index (χ3n) is 1.61. The minimum absolute atomic E-state index is 0.905. The summed E-state index contributed by atoms with van der Waals surface area (Å²) in [5.74, 6) is 0. The Kier molecular flexibility index (Phi) is 4.62. The molecular weight excluding hydrogens is 280 g/mol. The molecule has 0 aliphatic rings. The maximum Gasteiger partial charge on any atom is 0.0286 e. The molecule has 0 aliphatic heterocycles. The van der Waals surface area contributed by atoms with Crippen LogP contribution in [0.2, 0.25) is 0 Å². The molecule has 0 aromatic heterocycles. The van der Waals surface area contributed by atoms with E-state index in [1.54, 1.807) is 0 Å². The third-order valence-corrected chi connectivity index (χ3v) is 2.54. The Morgan fingerprint density at radius 2 is 1.83 bits per heavy atom. The fourth-order valence-corrected chi connectivity index (χ4v) is 1.94. The maximum absolute atomic E-state index is 3.46. The van der Waals surface area contributed by atoms with Gasteiger partial charge in [0.25, 0.3) is 0 Å². The van der Waals surface area contributed by atoms with Crippen LogP contribution < -0.4 is 0 Å². The van der Waals surface area contributed by atoms with Gasteiger partial charge in [-0.05, 0) is 11.1 Å². The Hall–Kier alpha value is -0.0800. The number of alkyl halides is 2. The Labute approximate surface area is 89.9 Å². The molecule has 0 spiro atoms. The molecule has 0 nitrogen and oxygen atoms in total. The molecule has 0 fully saturated rings. The van der Waals surface area contributed by atoms with Gasteiger partial charge in [0.15, 0.2) is 0 Å². The van der Waals surface area contributed by atoms with Gasteiger partial charge in [-0.25, -0.2) is 0 Å². The van der Waals surface area contributed by atoms with Crippen LogP contribution in [0.3, 0.4) is 0 Å². The smallest absolute Gasteiger partial charge is 0.0286 e. The Morgan fingerprint density at radius 1 is 1.17 bits per heavy atom. The summed E-state index contributed by atoms with van der Waals surface area (Å²) >= 11 is 6.86. The van der Waals surface area contributed by atoms with E-state index in [9.17, 15) is 0 Å². The molecular formula is C10H10Br2. The van der Waals surface area contributed by atoms with Gasteiger partial charge >= 0.3 is 0 Å². The Balaban J connectivity index is 2.88. The van der Waals surface area contributed by atoms with Crippen LogP contribution >= 0.6 is 31.9 Å². The van der Waals surface area contributed by atoms with Crippen molar-refractivity contribution < 1.29 is 0 Å². The van der Waals surface area contributed by atoms with Crippen LogP contribution in [0.4, 0.5) is 0 Å².